The molecule has 1 aliphatic heterocycles. The molecule has 0 atom stereocenters. The number of ether oxygens (including phenoxy) is 1. The third kappa shape index (κ3) is 6.16. The quantitative estimate of drug-likeness (QED) is 0.225. The van der Waals surface area contributed by atoms with Crippen LogP contribution in [0.15, 0.2) is 73.1 Å². The first kappa shape index (κ1) is 28.9. The van der Waals surface area contributed by atoms with Crippen LogP contribution in [0.2, 0.25) is 0 Å². The highest BCUT2D eigenvalue weighted by Crippen LogP contribution is 2.40. The fourth-order valence-corrected chi connectivity index (χ4v) is 4.83. The van der Waals surface area contributed by atoms with Gasteiger partial charge < -0.3 is 20.1 Å². The summed E-state index contributed by atoms with van der Waals surface area (Å²) in [5, 5.41) is 13.5. The normalized spacial score (nSPS) is 13.0. The average Bonchev–Trinajstić information content (AvgIpc) is 3.00. The van der Waals surface area contributed by atoms with Gasteiger partial charge in [-0.15, -0.1) is 0 Å². The fourth-order valence-electron chi connectivity index (χ4n) is 4.83. The Balaban J connectivity index is 0.00000113. The highest BCUT2D eigenvalue weighted by Gasteiger charge is 2.21. The number of nitrogens with one attached hydrogen (secondary N) is 1. The first-order valence-electron chi connectivity index (χ1n) is 14.0. The van der Waals surface area contributed by atoms with Gasteiger partial charge in [-0.25, -0.2) is 18.7 Å². The lowest BCUT2D eigenvalue weighted by Crippen LogP contribution is -2.36. The number of aromatic hydroxyl groups is 1. The van der Waals surface area contributed by atoms with Crippen molar-refractivity contribution in [2.24, 2.45) is 0 Å². The summed E-state index contributed by atoms with van der Waals surface area (Å²) in [5.74, 6) is -0.538. The summed E-state index contributed by atoms with van der Waals surface area (Å²) in [7, 11) is 0. The van der Waals surface area contributed by atoms with E-state index in [2.05, 4.69) is 34.0 Å². The highest BCUT2D eigenvalue weighted by atomic mass is 19.1. The van der Waals surface area contributed by atoms with Gasteiger partial charge >= 0.3 is 0 Å². The molecule has 7 nitrogen and oxygen atoms in total. The Hall–Kier alpha value is -4.63. The van der Waals surface area contributed by atoms with Crippen LogP contribution in [-0.4, -0.2) is 46.4 Å². The van der Waals surface area contributed by atoms with Gasteiger partial charge in [0.2, 0.25) is 0 Å². The Morgan fingerprint density at radius 2 is 1.71 bits per heavy atom. The molecule has 2 N–H and O–H groups in total. The standard InChI is InChI=1S/C30H25F2N5O2.C3H8/c1-18-29(24-4-2-3-9-33-24)36-26-15-20(31)14-23(32)28(26)30(18)35-25-16-27(37-10-12-39-13-11-37)34-17-22(25)19-5-7-21(38)8-6-19;1-3-2/h2-9,14-17,38H,10-13H2,1H3,(H,34,35,36);3H2,1-2H3. The number of phenolic OH excluding ortho intramolecular Hbond substituents is 1. The number of phenols is 1. The van der Waals surface area contributed by atoms with E-state index in [0.717, 1.165) is 23.0 Å². The molecule has 216 valence electrons. The van der Waals surface area contributed by atoms with Crippen molar-refractivity contribution >= 4 is 28.1 Å². The van der Waals surface area contributed by atoms with Gasteiger partial charge in [-0.2, -0.15) is 0 Å². The number of benzene rings is 2. The SMILES string of the molecule is CCC.Cc1c(-c2ccccn2)nc2cc(F)cc(F)c2c1Nc1cc(N2CCOCC2)ncc1-c1ccc(O)cc1. The largest absolute Gasteiger partial charge is 0.508 e. The number of hydrogen-bond acceptors (Lipinski definition) is 7. The number of rotatable bonds is 5. The van der Waals surface area contributed by atoms with E-state index in [4.69, 9.17) is 9.72 Å². The summed E-state index contributed by atoms with van der Waals surface area (Å²) in [4.78, 5) is 15.9. The molecule has 1 saturated heterocycles. The number of pyridine rings is 3. The second-order valence-electron chi connectivity index (χ2n) is 10.0. The molecule has 0 amide bonds. The lowest BCUT2D eigenvalue weighted by atomic mass is 10.0. The van der Waals surface area contributed by atoms with Gasteiger partial charge in [-0.3, -0.25) is 4.98 Å². The number of nitrogens with zero attached hydrogens (tertiary/aromatic N) is 4. The number of halogens is 2. The molecule has 0 spiro atoms. The minimum Gasteiger partial charge on any atom is -0.508 e. The summed E-state index contributed by atoms with van der Waals surface area (Å²) in [6.07, 6.45) is 4.66. The Labute approximate surface area is 243 Å². The highest BCUT2D eigenvalue weighted by molar-refractivity contribution is 5.99. The van der Waals surface area contributed by atoms with Gasteiger partial charge in [0.25, 0.3) is 0 Å². The molecule has 0 unspecified atom stereocenters. The van der Waals surface area contributed by atoms with E-state index < -0.39 is 11.6 Å². The number of fused-ring (bicyclic) bond motifs is 1. The van der Waals surface area contributed by atoms with Crippen LogP contribution < -0.4 is 10.2 Å². The van der Waals surface area contributed by atoms with E-state index in [1.54, 1.807) is 42.7 Å². The summed E-state index contributed by atoms with van der Waals surface area (Å²) >= 11 is 0. The molecule has 4 heterocycles. The van der Waals surface area contributed by atoms with Gasteiger partial charge in [0.1, 0.15) is 23.2 Å². The summed E-state index contributed by atoms with van der Waals surface area (Å²) in [6.45, 7) is 8.68. The van der Waals surface area contributed by atoms with Crippen molar-refractivity contribution in [3.8, 4) is 28.3 Å². The van der Waals surface area contributed by atoms with Crippen LogP contribution >= 0.6 is 0 Å². The van der Waals surface area contributed by atoms with Gasteiger partial charge in [0.05, 0.1) is 46.9 Å². The number of anilines is 3. The molecular formula is C33H33F2N5O2. The average molecular weight is 570 g/mol. The van der Waals surface area contributed by atoms with E-state index in [1.165, 1.54) is 12.5 Å². The third-order valence-corrected chi connectivity index (χ3v) is 6.82. The molecular weight excluding hydrogens is 536 g/mol. The molecule has 0 saturated carbocycles. The smallest absolute Gasteiger partial charge is 0.137 e. The van der Waals surface area contributed by atoms with Crippen molar-refractivity contribution in [3.63, 3.8) is 0 Å². The summed E-state index contributed by atoms with van der Waals surface area (Å²) in [5.41, 5.74) is 4.63. The molecule has 0 bridgehead atoms. The maximum absolute atomic E-state index is 15.4. The van der Waals surface area contributed by atoms with E-state index in [9.17, 15) is 9.50 Å². The maximum Gasteiger partial charge on any atom is 0.137 e. The molecule has 2 aromatic carbocycles. The van der Waals surface area contributed by atoms with Gasteiger partial charge in [0, 0.05) is 54.8 Å². The zero-order valence-electron chi connectivity index (χ0n) is 23.9. The van der Waals surface area contributed by atoms with Crippen LogP contribution in [0.1, 0.15) is 25.8 Å². The van der Waals surface area contributed by atoms with Crippen LogP contribution in [0.4, 0.5) is 26.0 Å². The van der Waals surface area contributed by atoms with E-state index >= 15 is 4.39 Å². The van der Waals surface area contributed by atoms with Crippen molar-refractivity contribution in [1.29, 1.82) is 0 Å². The number of morpholine rings is 1. The van der Waals surface area contributed by atoms with Crippen LogP contribution in [0.5, 0.6) is 5.75 Å². The predicted octanol–water partition coefficient (Wildman–Crippen LogP) is 7.65. The van der Waals surface area contributed by atoms with Crippen LogP contribution in [0.25, 0.3) is 33.4 Å². The van der Waals surface area contributed by atoms with Crippen LogP contribution in [-0.2, 0) is 4.74 Å². The van der Waals surface area contributed by atoms with Gasteiger partial charge in [-0.05, 0) is 36.8 Å². The zero-order chi connectivity index (χ0) is 29.6. The predicted molar refractivity (Wildman–Crippen MR) is 163 cm³/mol. The van der Waals surface area contributed by atoms with Crippen molar-refractivity contribution in [2.45, 2.75) is 27.2 Å². The number of aromatic nitrogens is 3. The van der Waals surface area contributed by atoms with E-state index in [-0.39, 0.29) is 16.7 Å². The fraction of sp³-hybridized carbons (Fsp3) is 0.242. The second-order valence-corrected chi connectivity index (χ2v) is 10.0. The molecule has 1 fully saturated rings. The minimum absolute atomic E-state index is 0.145. The van der Waals surface area contributed by atoms with Crippen molar-refractivity contribution in [1.82, 2.24) is 15.0 Å². The van der Waals surface area contributed by atoms with E-state index in [0.29, 0.717) is 54.6 Å². The van der Waals surface area contributed by atoms with Crippen molar-refractivity contribution < 1.29 is 18.6 Å². The first-order chi connectivity index (χ1) is 20.4. The van der Waals surface area contributed by atoms with E-state index in [1.807, 2.05) is 25.1 Å². The first-order valence-corrected chi connectivity index (χ1v) is 14.0. The molecule has 42 heavy (non-hydrogen) atoms. The molecule has 6 rings (SSSR count). The van der Waals surface area contributed by atoms with Gasteiger partial charge in [0.15, 0.2) is 0 Å². The minimum atomic E-state index is -0.718. The lowest BCUT2D eigenvalue weighted by Gasteiger charge is -2.28. The second kappa shape index (κ2) is 12.9. The molecule has 1 aliphatic rings. The monoisotopic (exact) mass is 569 g/mol. The Morgan fingerprint density at radius 3 is 2.40 bits per heavy atom. The summed E-state index contributed by atoms with van der Waals surface area (Å²) in [6, 6.07) is 16.2. The summed E-state index contributed by atoms with van der Waals surface area (Å²) < 4.78 is 35.2. The Bertz CT molecular complexity index is 1670. The van der Waals surface area contributed by atoms with Crippen molar-refractivity contribution in [2.75, 3.05) is 36.5 Å². The maximum atomic E-state index is 15.4. The molecule has 0 aliphatic carbocycles. The van der Waals surface area contributed by atoms with Crippen LogP contribution in [0.3, 0.4) is 0 Å². The Morgan fingerprint density at radius 1 is 0.976 bits per heavy atom. The molecule has 5 aromatic rings. The molecule has 0 radical (unpaired) electrons. The number of hydrogen-bond donors (Lipinski definition) is 2. The van der Waals surface area contributed by atoms with Gasteiger partial charge in [-0.1, -0.05) is 38.5 Å². The molecule has 9 heteroatoms. The third-order valence-electron chi connectivity index (χ3n) is 6.82. The van der Waals surface area contributed by atoms with Crippen LogP contribution in [0, 0.1) is 18.6 Å². The topological polar surface area (TPSA) is 83.4 Å². The lowest BCUT2D eigenvalue weighted by molar-refractivity contribution is 0.122. The zero-order valence-corrected chi connectivity index (χ0v) is 23.9. The van der Waals surface area contributed by atoms with Crippen molar-refractivity contribution in [3.05, 3.63) is 90.3 Å². The molecule has 3 aromatic heterocycles. The Kier molecular flexibility index (Phi) is 8.88.